The van der Waals surface area contributed by atoms with Gasteiger partial charge in [-0.15, -0.1) is 0 Å². The molecule has 0 amide bonds. The first-order valence-electron chi connectivity index (χ1n) is 18.5. The van der Waals surface area contributed by atoms with Crippen molar-refractivity contribution < 1.29 is 63.5 Å². The van der Waals surface area contributed by atoms with Crippen LogP contribution in [0.3, 0.4) is 0 Å². The molecule has 51 heavy (non-hydrogen) atoms. The number of ether oxygens (including phenoxy) is 6. The molecule has 3 rings (SSSR count). The molecule has 3 aliphatic heterocycles. The standard InChI is InChI=1S/C37H67NO13/c1-14-25-37(10,45)30(41)20(4)27(39)18(2)16-35(8,44)32(51-34-28(40)24(38(11)12)15-19(3)47-34)21(5)29(22(6)33(43)49-25)50-26-17-36(9,46-13)31(42)23(7)48-26/h18-26,28-32,34,40-42,44-45H,14-17H2,1-13H3/t18-,19-,20+,21-,22-,23-,24+,25-,26+,28+,29+,30-,31-,32-,34-,35-,36+,37-/m0/s1. The van der Waals surface area contributed by atoms with Gasteiger partial charge in [0, 0.05) is 37.3 Å². The second-order valence-corrected chi connectivity index (χ2v) is 16.5. The molecular weight excluding hydrogens is 666 g/mol. The Hall–Kier alpha value is -1.30. The summed E-state index contributed by atoms with van der Waals surface area (Å²) in [6.45, 7) is 16.3. The molecule has 0 radical (unpaired) electrons. The quantitative estimate of drug-likeness (QED) is 0.238. The van der Waals surface area contributed by atoms with Gasteiger partial charge in [-0.3, -0.25) is 9.59 Å². The third-order valence-corrected chi connectivity index (χ3v) is 11.8. The van der Waals surface area contributed by atoms with Gasteiger partial charge in [-0.05, 0) is 74.9 Å². The predicted molar refractivity (Wildman–Crippen MR) is 186 cm³/mol. The summed E-state index contributed by atoms with van der Waals surface area (Å²) in [6, 6.07) is -0.324. The van der Waals surface area contributed by atoms with Gasteiger partial charge >= 0.3 is 5.97 Å². The van der Waals surface area contributed by atoms with Crippen molar-refractivity contribution in [2.75, 3.05) is 21.2 Å². The van der Waals surface area contributed by atoms with E-state index in [9.17, 15) is 35.1 Å². The number of nitrogens with zero attached hydrogens (tertiary/aromatic N) is 1. The molecule has 298 valence electrons. The summed E-state index contributed by atoms with van der Waals surface area (Å²) >= 11 is 0. The van der Waals surface area contributed by atoms with Gasteiger partial charge < -0.3 is 58.9 Å². The predicted octanol–water partition coefficient (Wildman–Crippen LogP) is 1.79. The molecule has 0 spiro atoms. The fourth-order valence-electron chi connectivity index (χ4n) is 8.41. The summed E-state index contributed by atoms with van der Waals surface area (Å²) in [5, 5.41) is 57.6. The summed E-state index contributed by atoms with van der Waals surface area (Å²) in [5.41, 5.74) is -4.84. The third kappa shape index (κ3) is 9.51. The Bertz CT molecular complexity index is 1170. The molecule has 3 fully saturated rings. The Morgan fingerprint density at radius 3 is 2.04 bits per heavy atom. The number of rotatable bonds is 7. The first kappa shape index (κ1) is 44.1. The van der Waals surface area contributed by atoms with E-state index in [1.165, 1.54) is 27.9 Å². The molecule has 0 bridgehead atoms. The van der Waals surface area contributed by atoms with Crippen molar-refractivity contribution in [1.82, 2.24) is 4.90 Å². The van der Waals surface area contributed by atoms with Crippen molar-refractivity contribution in [2.45, 2.75) is 179 Å². The number of carbonyl (C=O) groups is 2. The summed E-state index contributed by atoms with van der Waals surface area (Å²) in [4.78, 5) is 29.8. The van der Waals surface area contributed by atoms with Crippen LogP contribution in [-0.4, -0.2) is 148 Å². The zero-order valence-electron chi connectivity index (χ0n) is 32.9. The number of ketones is 1. The number of methoxy groups -OCH3 is 1. The van der Waals surface area contributed by atoms with Crippen LogP contribution in [-0.2, 0) is 38.0 Å². The summed E-state index contributed by atoms with van der Waals surface area (Å²) < 4.78 is 37.1. The van der Waals surface area contributed by atoms with E-state index < -0.39 is 108 Å². The maximum Gasteiger partial charge on any atom is 0.311 e. The number of hydrogen-bond donors (Lipinski definition) is 5. The Labute approximate surface area is 304 Å². The van der Waals surface area contributed by atoms with Gasteiger partial charge in [-0.1, -0.05) is 27.7 Å². The molecule has 0 aliphatic carbocycles. The summed E-state index contributed by atoms with van der Waals surface area (Å²) in [6.07, 6.45) is -9.71. The smallest absolute Gasteiger partial charge is 0.311 e. The van der Waals surface area contributed by atoms with Crippen LogP contribution < -0.4 is 0 Å². The first-order chi connectivity index (χ1) is 23.4. The topological polar surface area (TPSA) is 194 Å². The van der Waals surface area contributed by atoms with E-state index in [0.29, 0.717) is 6.42 Å². The zero-order chi connectivity index (χ0) is 39.0. The molecule has 3 heterocycles. The van der Waals surface area contributed by atoms with Crippen LogP contribution in [0.1, 0.15) is 94.9 Å². The highest BCUT2D eigenvalue weighted by Crippen LogP contribution is 2.40. The Morgan fingerprint density at radius 1 is 0.882 bits per heavy atom. The molecule has 0 saturated carbocycles. The molecule has 5 N–H and O–H groups in total. The largest absolute Gasteiger partial charge is 0.459 e. The highest BCUT2D eigenvalue weighted by atomic mass is 16.7. The molecule has 3 saturated heterocycles. The monoisotopic (exact) mass is 733 g/mol. The van der Waals surface area contributed by atoms with Crippen molar-refractivity contribution in [3.63, 3.8) is 0 Å². The number of Topliss-reactive ketones (excluding diaryl/α,β-unsaturated/α-hetero) is 1. The number of likely N-dealkylation sites (N-methyl/N-ethyl adjacent to an activating group) is 1. The summed E-state index contributed by atoms with van der Waals surface area (Å²) in [5.74, 6) is -4.98. The lowest BCUT2D eigenvalue weighted by atomic mass is 9.74. The maximum absolute atomic E-state index is 14.1. The van der Waals surface area contributed by atoms with Gasteiger partial charge in [0.2, 0.25) is 0 Å². The van der Waals surface area contributed by atoms with Crippen LogP contribution >= 0.6 is 0 Å². The van der Waals surface area contributed by atoms with Crippen molar-refractivity contribution in [1.29, 1.82) is 0 Å². The van der Waals surface area contributed by atoms with E-state index in [1.807, 2.05) is 25.9 Å². The molecular formula is C37H67NO13. The first-order valence-corrected chi connectivity index (χ1v) is 18.5. The van der Waals surface area contributed by atoms with Gasteiger partial charge in [0.15, 0.2) is 12.6 Å². The van der Waals surface area contributed by atoms with Crippen LogP contribution in [0.2, 0.25) is 0 Å². The van der Waals surface area contributed by atoms with E-state index in [4.69, 9.17) is 28.4 Å². The highest BCUT2D eigenvalue weighted by Gasteiger charge is 2.53. The van der Waals surface area contributed by atoms with Crippen molar-refractivity contribution >= 4 is 11.8 Å². The van der Waals surface area contributed by atoms with Gasteiger partial charge in [-0.25, -0.2) is 0 Å². The van der Waals surface area contributed by atoms with Crippen LogP contribution in [0.25, 0.3) is 0 Å². The average molecular weight is 734 g/mol. The van der Waals surface area contributed by atoms with Gasteiger partial charge in [0.25, 0.3) is 0 Å². The van der Waals surface area contributed by atoms with Gasteiger partial charge in [0.1, 0.15) is 29.7 Å². The SMILES string of the molecule is CC[C@@H]1OC(=O)[C@@H](C)[C@H](O[C@@H]2C[C@@](C)(OC)[C@@H](O)[C@H](C)O2)[C@H](C)[C@H](O[C@@H]2O[C@@H](C)C[C@@H](N(C)C)[C@H]2O)[C@@](C)(O)C[C@H](C)C(=O)[C@@H](C)[C@H](O)[C@@]1(C)O. The number of carbonyl (C=O) groups excluding carboxylic acids is 2. The zero-order valence-corrected chi connectivity index (χ0v) is 32.9. The highest BCUT2D eigenvalue weighted by molar-refractivity contribution is 5.83. The Kier molecular flexibility index (Phi) is 14.7. The molecule has 0 aromatic carbocycles. The van der Waals surface area contributed by atoms with E-state index in [-0.39, 0.29) is 31.4 Å². The van der Waals surface area contributed by atoms with Crippen molar-refractivity contribution in [2.24, 2.45) is 23.7 Å². The number of cyclic esters (lactones) is 1. The second-order valence-electron chi connectivity index (χ2n) is 16.5. The lowest BCUT2D eigenvalue weighted by Crippen LogP contribution is -2.61. The molecule has 0 aromatic heterocycles. The molecule has 18 atom stereocenters. The van der Waals surface area contributed by atoms with E-state index in [1.54, 1.807) is 41.5 Å². The fraction of sp³-hybridized carbons (Fsp3) is 0.946. The minimum atomic E-state index is -1.99. The third-order valence-electron chi connectivity index (χ3n) is 11.8. The van der Waals surface area contributed by atoms with Gasteiger partial charge in [-0.2, -0.15) is 0 Å². The number of aliphatic hydroxyl groups is 5. The minimum Gasteiger partial charge on any atom is -0.459 e. The van der Waals surface area contributed by atoms with E-state index in [2.05, 4.69) is 0 Å². The maximum atomic E-state index is 14.1. The van der Waals surface area contributed by atoms with Crippen LogP contribution in [0.4, 0.5) is 0 Å². The molecule has 14 nitrogen and oxygen atoms in total. The van der Waals surface area contributed by atoms with Crippen molar-refractivity contribution in [3.05, 3.63) is 0 Å². The average Bonchev–Trinajstić information content (AvgIpc) is 3.05. The number of hydrogen-bond acceptors (Lipinski definition) is 14. The Balaban J connectivity index is 2.18. The minimum absolute atomic E-state index is 0.0936. The lowest BCUT2D eigenvalue weighted by molar-refractivity contribution is -0.318. The van der Waals surface area contributed by atoms with Crippen molar-refractivity contribution in [3.8, 4) is 0 Å². The van der Waals surface area contributed by atoms with Crippen LogP contribution in [0, 0.1) is 23.7 Å². The van der Waals surface area contributed by atoms with Crippen LogP contribution in [0.5, 0.6) is 0 Å². The molecule has 3 aliphatic rings. The lowest BCUT2D eigenvalue weighted by Gasteiger charge is -2.49. The van der Waals surface area contributed by atoms with E-state index >= 15 is 0 Å². The second kappa shape index (κ2) is 17.0. The number of esters is 1. The molecule has 0 unspecified atom stereocenters. The molecule has 14 heteroatoms. The number of aliphatic hydroxyl groups excluding tert-OH is 3. The van der Waals surface area contributed by atoms with E-state index in [0.717, 1.165) is 0 Å². The Morgan fingerprint density at radius 2 is 1.49 bits per heavy atom. The van der Waals surface area contributed by atoms with Gasteiger partial charge in [0.05, 0.1) is 47.6 Å². The molecule has 0 aromatic rings. The van der Waals surface area contributed by atoms with Crippen LogP contribution in [0.15, 0.2) is 0 Å². The normalized spacial score (nSPS) is 49.7. The summed E-state index contributed by atoms with van der Waals surface area (Å²) in [7, 11) is 5.18. The fourth-order valence-corrected chi connectivity index (χ4v) is 8.41.